The highest BCUT2D eigenvalue weighted by Gasteiger charge is 2.12. The Morgan fingerprint density at radius 2 is 1.43 bits per heavy atom. The molecule has 0 atom stereocenters. The van der Waals surface area contributed by atoms with Crippen LogP contribution in [0.25, 0.3) is 22.4 Å². The molecule has 0 fully saturated rings. The third-order valence-corrected chi connectivity index (χ3v) is 3.48. The van der Waals surface area contributed by atoms with E-state index >= 15 is 0 Å². The van der Waals surface area contributed by atoms with E-state index in [0.717, 1.165) is 16.8 Å². The lowest BCUT2D eigenvalue weighted by atomic mass is 9.96. The smallest absolute Gasteiger partial charge is 0.0763 e. The van der Waals surface area contributed by atoms with Crippen LogP contribution in [0.3, 0.4) is 0 Å². The third kappa shape index (κ3) is 2.86. The summed E-state index contributed by atoms with van der Waals surface area (Å²) in [6.07, 6.45) is 1.86. The van der Waals surface area contributed by atoms with Crippen molar-refractivity contribution in [2.45, 2.75) is 6.61 Å². The average Bonchev–Trinajstić information content (AvgIpc) is 2.57. The molecule has 1 aromatic heterocycles. The van der Waals surface area contributed by atoms with Crippen molar-refractivity contribution in [3.63, 3.8) is 0 Å². The predicted molar refractivity (Wildman–Crippen MR) is 85.8 cm³/mol. The first-order valence-corrected chi connectivity index (χ1v) is 6.98. The largest absolute Gasteiger partial charge is 0.380 e. The molecule has 3 aromatic rings. The second-order valence-corrected chi connectivity index (χ2v) is 4.85. The van der Waals surface area contributed by atoms with Gasteiger partial charge in [-0.1, -0.05) is 60.7 Å². The summed E-state index contributed by atoms with van der Waals surface area (Å²) in [4.78, 5) is 4.57. The highest BCUT2D eigenvalue weighted by atomic mass is 16.5. The second-order valence-electron chi connectivity index (χ2n) is 4.85. The first kappa shape index (κ1) is 13.5. The van der Waals surface area contributed by atoms with E-state index < -0.39 is 0 Å². The minimum absolute atomic E-state index is 0.544. The van der Waals surface area contributed by atoms with Gasteiger partial charge in [0.05, 0.1) is 12.3 Å². The number of methoxy groups -OCH3 is 1. The van der Waals surface area contributed by atoms with Crippen molar-refractivity contribution >= 4 is 0 Å². The summed E-state index contributed by atoms with van der Waals surface area (Å²) < 4.78 is 5.41. The van der Waals surface area contributed by atoms with Gasteiger partial charge in [0.1, 0.15) is 0 Å². The normalized spacial score (nSPS) is 10.5. The van der Waals surface area contributed by atoms with Gasteiger partial charge in [0.25, 0.3) is 0 Å². The number of nitrogens with zero attached hydrogens (tertiary/aromatic N) is 1. The van der Waals surface area contributed by atoms with Crippen molar-refractivity contribution in [3.8, 4) is 22.4 Å². The molecule has 0 aliphatic heterocycles. The van der Waals surface area contributed by atoms with Crippen LogP contribution in [0, 0.1) is 0 Å². The monoisotopic (exact) mass is 275 g/mol. The van der Waals surface area contributed by atoms with Crippen LogP contribution in [-0.2, 0) is 11.3 Å². The Balaban J connectivity index is 2.18. The number of hydrogen-bond acceptors (Lipinski definition) is 2. The van der Waals surface area contributed by atoms with Crippen molar-refractivity contribution in [1.29, 1.82) is 0 Å². The van der Waals surface area contributed by atoms with Crippen LogP contribution in [0.1, 0.15) is 5.56 Å². The fourth-order valence-electron chi connectivity index (χ4n) is 2.52. The van der Waals surface area contributed by atoms with Crippen LogP contribution in [-0.4, -0.2) is 12.1 Å². The maximum absolute atomic E-state index is 5.41. The lowest BCUT2D eigenvalue weighted by Crippen LogP contribution is -1.98. The van der Waals surface area contributed by atoms with E-state index in [1.54, 1.807) is 7.11 Å². The molecule has 1 heterocycles. The number of pyridine rings is 1. The van der Waals surface area contributed by atoms with Crippen molar-refractivity contribution < 1.29 is 4.74 Å². The van der Waals surface area contributed by atoms with Crippen LogP contribution in [0.5, 0.6) is 0 Å². The van der Waals surface area contributed by atoms with Gasteiger partial charge in [-0.2, -0.15) is 0 Å². The molecule has 0 aliphatic rings. The van der Waals surface area contributed by atoms with Gasteiger partial charge < -0.3 is 4.74 Å². The Hall–Kier alpha value is -2.45. The van der Waals surface area contributed by atoms with Crippen LogP contribution < -0.4 is 0 Å². The summed E-state index contributed by atoms with van der Waals surface area (Å²) in [5.74, 6) is 0. The number of benzene rings is 2. The molecule has 2 aromatic carbocycles. The summed E-state index contributed by atoms with van der Waals surface area (Å²) in [5.41, 5.74) is 5.58. The van der Waals surface area contributed by atoms with E-state index in [-0.39, 0.29) is 0 Å². The van der Waals surface area contributed by atoms with Crippen molar-refractivity contribution in [2.24, 2.45) is 0 Å². The highest BCUT2D eigenvalue weighted by Crippen LogP contribution is 2.31. The van der Waals surface area contributed by atoms with Crippen LogP contribution in [0.4, 0.5) is 0 Å². The number of aromatic nitrogens is 1. The maximum atomic E-state index is 5.41. The molecule has 0 aliphatic carbocycles. The SMILES string of the molecule is COCc1c(-c2ccccc2)ccnc1-c1ccccc1. The van der Waals surface area contributed by atoms with Crippen LogP contribution >= 0.6 is 0 Å². The molecular formula is C19H17NO. The summed E-state index contributed by atoms with van der Waals surface area (Å²) >= 11 is 0. The lowest BCUT2D eigenvalue weighted by Gasteiger charge is -2.14. The minimum Gasteiger partial charge on any atom is -0.380 e. The van der Waals surface area contributed by atoms with E-state index in [4.69, 9.17) is 4.74 Å². The van der Waals surface area contributed by atoms with Gasteiger partial charge in [-0.15, -0.1) is 0 Å². The molecule has 0 radical (unpaired) electrons. The van der Waals surface area contributed by atoms with E-state index in [0.29, 0.717) is 6.61 Å². The van der Waals surface area contributed by atoms with Crippen LogP contribution in [0.2, 0.25) is 0 Å². The van der Waals surface area contributed by atoms with Gasteiger partial charge in [0.2, 0.25) is 0 Å². The lowest BCUT2D eigenvalue weighted by molar-refractivity contribution is 0.185. The van der Waals surface area contributed by atoms with E-state index in [1.807, 2.05) is 30.5 Å². The maximum Gasteiger partial charge on any atom is 0.0763 e. The molecule has 2 nitrogen and oxygen atoms in total. The van der Waals surface area contributed by atoms with Gasteiger partial charge >= 0.3 is 0 Å². The zero-order chi connectivity index (χ0) is 14.5. The quantitative estimate of drug-likeness (QED) is 0.696. The van der Waals surface area contributed by atoms with Gasteiger partial charge in [0, 0.05) is 24.4 Å². The van der Waals surface area contributed by atoms with Crippen molar-refractivity contribution in [2.75, 3.05) is 7.11 Å². The van der Waals surface area contributed by atoms with E-state index in [1.165, 1.54) is 11.1 Å². The standard InChI is InChI=1S/C19H17NO/c1-21-14-18-17(15-8-4-2-5-9-15)12-13-20-19(18)16-10-6-3-7-11-16/h2-13H,14H2,1H3. The Morgan fingerprint density at radius 1 is 0.810 bits per heavy atom. The Labute approximate surface area is 125 Å². The summed E-state index contributed by atoms with van der Waals surface area (Å²) in [5, 5.41) is 0. The average molecular weight is 275 g/mol. The zero-order valence-electron chi connectivity index (χ0n) is 12.0. The molecule has 21 heavy (non-hydrogen) atoms. The molecule has 0 unspecified atom stereocenters. The fourth-order valence-corrected chi connectivity index (χ4v) is 2.52. The Morgan fingerprint density at radius 3 is 2.05 bits per heavy atom. The number of hydrogen-bond donors (Lipinski definition) is 0. The molecule has 104 valence electrons. The van der Waals surface area contributed by atoms with Gasteiger partial charge in [0.15, 0.2) is 0 Å². The Kier molecular flexibility index (Phi) is 4.08. The summed E-state index contributed by atoms with van der Waals surface area (Å²) in [6.45, 7) is 0.544. The fraction of sp³-hybridized carbons (Fsp3) is 0.105. The first-order valence-electron chi connectivity index (χ1n) is 6.98. The molecule has 0 N–H and O–H groups in total. The van der Waals surface area contributed by atoms with Crippen molar-refractivity contribution in [3.05, 3.63) is 78.5 Å². The van der Waals surface area contributed by atoms with E-state index in [2.05, 4.69) is 47.4 Å². The van der Waals surface area contributed by atoms with Gasteiger partial charge in [-0.05, 0) is 17.2 Å². The molecule has 2 heteroatoms. The molecule has 0 amide bonds. The van der Waals surface area contributed by atoms with E-state index in [9.17, 15) is 0 Å². The second kappa shape index (κ2) is 6.33. The number of ether oxygens (including phenoxy) is 1. The zero-order valence-corrected chi connectivity index (χ0v) is 12.0. The molecule has 0 spiro atoms. The molecule has 0 saturated carbocycles. The van der Waals surface area contributed by atoms with Gasteiger partial charge in [-0.25, -0.2) is 0 Å². The highest BCUT2D eigenvalue weighted by molar-refractivity contribution is 5.75. The van der Waals surface area contributed by atoms with Crippen molar-refractivity contribution in [1.82, 2.24) is 4.98 Å². The topological polar surface area (TPSA) is 22.1 Å². The third-order valence-electron chi connectivity index (χ3n) is 3.48. The minimum atomic E-state index is 0.544. The first-order chi connectivity index (χ1) is 10.4. The molecule has 0 saturated heterocycles. The Bertz CT molecular complexity index is 650. The molecule has 3 rings (SSSR count). The summed E-state index contributed by atoms with van der Waals surface area (Å²) in [6, 6.07) is 22.6. The summed E-state index contributed by atoms with van der Waals surface area (Å²) in [7, 11) is 1.72. The number of rotatable bonds is 4. The predicted octanol–water partition coefficient (Wildman–Crippen LogP) is 4.56. The molecular weight excluding hydrogens is 258 g/mol. The molecule has 0 bridgehead atoms. The van der Waals surface area contributed by atoms with Crippen LogP contribution in [0.15, 0.2) is 72.9 Å². The van der Waals surface area contributed by atoms with Gasteiger partial charge in [-0.3, -0.25) is 4.98 Å².